The van der Waals surface area contributed by atoms with Crippen LogP contribution in [0.25, 0.3) is 0 Å². The van der Waals surface area contributed by atoms with Gasteiger partial charge in [-0.1, -0.05) is 0 Å². The fourth-order valence-electron chi connectivity index (χ4n) is 0.699. The second-order valence-electron chi connectivity index (χ2n) is 2.24. The Morgan fingerprint density at radius 1 is 1.85 bits per heavy atom. The van der Waals surface area contributed by atoms with Gasteiger partial charge >= 0.3 is 0 Å². The zero-order valence-electron chi connectivity index (χ0n) is 7.24. The lowest BCUT2D eigenvalue weighted by Crippen LogP contribution is -2.31. The Morgan fingerprint density at radius 3 is 3.31 bits per heavy atom. The summed E-state index contributed by atoms with van der Waals surface area (Å²) in [5.74, 6) is 0. The summed E-state index contributed by atoms with van der Waals surface area (Å²) in [5, 5.41) is 13.8. The molecule has 3 N–H and O–H groups in total. The Hall–Kier alpha value is -1.43. The standard InChI is InChI=1S/C7H11N5S/c1-2-8-7(13)12-10-5-6-3-4-9-11-6/h3-5H,2H2,1H3,(H,9,11)(H2,8,12,13)/b10-5+. The zero-order chi connectivity index (χ0) is 9.52. The number of hydrogen-bond acceptors (Lipinski definition) is 3. The van der Waals surface area contributed by atoms with Crippen molar-refractivity contribution >= 4 is 23.5 Å². The fraction of sp³-hybridized carbons (Fsp3) is 0.286. The SMILES string of the molecule is CCNC(=S)N/N=C/c1ccn[nH]1. The summed E-state index contributed by atoms with van der Waals surface area (Å²) >= 11 is 4.89. The molecule has 0 saturated heterocycles. The van der Waals surface area contributed by atoms with Crippen molar-refractivity contribution in [2.45, 2.75) is 6.92 Å². The zero-order valence-corrected chi connectivity index (χ0v) is 8.06. The second-order valence-corrected chi connectivity index (χ2v) is 2.65. The summed E-state index contributed by atoms with van der Waals surface area (Å²) in [4.78, 5) is 0. The van der Waals surface area contributed by atoms with E-state index in [1.807, 2.05) is 13.0 Å². The topological polar surface area (TPSA) is 65.1 Å². The minimum atomic E-state index is 0.512. The second kappa shape index (κ2) is 5.26. The summed E-state index contributed by atoms with van der Waals surface area (Å²) in [6.45, 7) is 2.75. The predicted molar refractivity (Wildman–Crippen MR) is 55.6 cm³/mol. The van der Waals surface area contributed by atoms with E-state index in [0.29, 0.717) is 5.11 Å². The molecule has 0 radical (unpaired) electrons. The number of rotatable bonds is 3. The summed E-state index contributed by atoms with van der Waals surface area (Å²) in [6, 6.07) is 1.81. The van der Waals surface area contributed by atoms with Crippen molar-refractivity contribution in [2.75, 3.05) is 6.54 Å². The number of H-pyrrole nitrogens is 1. The maximum absolute atomic E-state index is 4.89. The van der Waals surface area contributed by atoms with E-state index in [1.54, 1.807) is 12.4 Å². The average Bonchev–Trinajstić information content (AvgIpc) is 2.57. The van der Waals surface area contributed by atoms with Crippen molar-refractivity contribution in [3.05, 3.63) is 18.0 Å². The van der Waals surface area contributed by atoms with E-state index in [4.69, 9.17) is 12.2 Å². The van der Waals surface area contributed by atoms with Gasteiger partial charge in [-0.2, -0.15) is 10.2 Å². The van der Waals surface area contributed by atoms with Crippen LogP contribution in [0.1, 0.15) is 12.6 Å². The van der Waals surface area contributed by atoms with Gasteiger partial charge in [0.2, 0.25) is 0 Å². The molecule has 0 saturated carbocycles. The maximum atomic E-state index is 4.89. The largest absolute Gasteiger partial charge is 0.362 e. The molecule has 0 aliphatic heterocycles. The van der Waals surface area contributed by atoms with Crippen molar-refractivity contribution in [3.8, 4) is 0 Å². The molecule has 70 valence electrons. The first-order valence-corrected chi connectivity index (χ1v) is 4.30. The molecule has 0 bridgehead atoms. The third-order valence-corrected chi connectivity index (χ3v) is 1.46. The highest BCUT2D eigenvalue weighted by atomic mass is 32.1. The quantitative estimate of drug-likeness (QED) is 0.368. The Kier molecular flexibility index (Phi) is 3.90. The molecule has 1 aromatic heterocycles. The number of hydrogen-bond donors (Lipinski definition) is 3. The van der Waals surface area contributed by atoms with E-state index < -0.39 is 0 Å². The summed E-state index contributed by atoms with van der Waals surface area (Å²) < 4.78 is 0. The van der Waals surface area contributed by atoms with Crippen LogP contribution < -0.4 is 10.7 Å². The van der Waals surface area contributed by atoms with E-state index in [0.717, 1.165) is 12.2 Å². The molecule has 0 spiro atoms. The molecule has 0 amide bonds. The molecule has 0 unspecified atom stereocenters. The Labute approximate surface area is 81.6 Å². The molecule has 5 nitrogen and oxygen atoms in total. The highest BCUT2D eigenvalue weighted by Crippen LogP contribution is 1.83. The minimum absolute atomic E-state index is 0.512. The smallest absolute Gasteiger partial charge is 0.186 e. The molecule has 0 aliphatic rings. The first-order valence-electron chi connectivity index (χ1n) is 3.89. The molecule has 0 fully saturated rings. The van der Waals surface area contributed by atoms with Crippen molar-refractivity contribution in [2.24, 2.45) is 5.10 Å². The number of aromatic amines is 1. The molecule has 1 heterocycles. The van der Waals surface area contributed by atoms with Gasteiger partial charge in [0.05, 0.1) is 11.9 Å². The lowest BCUT2D eigenvalue weighted by atomic mass is 10.5. The van der Waals surface area contributed by atoms with Crippen molar-refractivity contribution in [3.63, 3.8) is 0 Å². The number of thiocarbonyl (C=S) groups is 1. The van der Waals surface area contributed by atoms with Crippen LogP contribution in [0, 0.1) is 0 Å². The molecule has 1 rings (SSSR count). The average molecular weight is 197 g/mol. The molecule has 0 aromatic carbocycles. The van der Waals surface area contributed by atoms with Gasteiger partial charge in [-0.05, 0) is 25.2 Å². The number of hydrazone groups is 1. The molecule has 0 atom stereocenters. The first kappa shape index (κ1) is 9.66. The Morgan fingerprint density at radius 2 is 2.69 bits per heavy atom. The van der Waals surface area contributed by atoms with Gasteiger partial charge in [-0.25, -0.2) is 0 Å². The molecular formula is C7H11N5S. The van der Waals surface area contributed by atoms with E-state index in [9.17, 15) is 0 Å². The van der Waals surface area contributed by atoms with Crippen LogP contribution in [-0.2, 0) is 0 Å². The molecular weight excluding hydrogens is 186 g/mol. The van der Waals surface area contributed by atoms with Gasteiger partial charge in [-0.3, -0.25) is 10.5 Å². The van der Waals surface area contributed by atoms with Gasteiger partial charge in [0.15, 0.2) is 5.11 Å². The normalized spacial score (nSPS) is 10.2. The van der Waals surface area contributed by atoms with Gasteiger partial charge in [0, 0.05) is 12.7 Å². The number of aromatic nitrogens is 2. The van der Waals surface area contributed by atoms with Crippen LogP contribution in [0.3, 0.4) is 0 Å². The van der Waals surface area contributed by atoms with Gasteiger partial charge < -0.3 is 5.32 Å². The summed E-state index contributed by atoms with van der Waals surface area (Å²) in [6.07, 6.45) is 3.26. The van der Waals surface area contributed by atoms with Crippen LogP contribution in [0.5, 0.6) is 0 Å². The molecule has 6 heteroatoms. The first-order chi connectivity index (χ1) is 6.33. The van der Waals surface area contributed by atoms with Crippen LogP contribution >= 0.6 is 12.2 Å². The highest BCUT2D eigenvalue weighted by molar-refractivity contribution is 7.80. The summed E-state index contributed by atoms with van der Waals surface area (Å²) in [7, 11) is 0. The monoisotopic (exact) mass is 197 g/mol. The van der Waals surface area contributed by atoms with E-state index in [2.05, 4.69) is 26.0 Å². The highest BCUT2D eigenvalue weighted by Gasteiger charge is 1.88. The third-order valence-electron chi connectivity index (χ3n) is 1.23. The lowest BCUT2D eigenvalue weighted by molar-refractivity contribution is 0.903. The Balaban J connectivity index is 2.30. The van der Waals surface area contributed by atoms with Gasteiger partial charge in [0.1, 0.15) is 0 Å². The Bertz CT molecular complexity index is 279. The van der Waals surface area contributed by atoms with Crippen LogP contribution in [0.15, 0.2) is 17.4 Å². The van der Waals surface area contributed by atoms with Crippen LogP contribution in [-0.4, -0.2) is 28.1 Å². The molecule has 0 aliphatic carbocycles. The van der Waals surface area contributed by atoms with Gasteiger partial charge in [-0.15, -0.1) is 0 Å². The summed E-state index contributed by atoms with van der Waals surface area (Å²) in [5.41, 5.74) is 3.49. The van der Waals surface area contributed by atoms with E-state index in [1.165, 1.54) is 0 Å². The van der Waals surface area contributed by atoms with Crippen molar-refractivity contribution in [1.29, 1.82) is 0 Å². The predicted octanol–water partition coefficient (Wildman–Crippen LogP) is 0.228. The van der Waals surface area contributed by atoms with E-state index >= 15 is 0 Å². The molecule has 13 heavy (non-hydrogen) atoms. The number of nitrogens with zero attached hydrogens (tertiary/aromatic N) is 2. The number of nitrogens with one attached hydrogen (secondary N) is 3. The minimum Gasteiger partial charge on any atom is -0.362 e. The maximum Gasteiger partial charge on any atom is 0.186 e. The van der Waals surface area contributed by atoms with Crippen LogP contribution in [0.4, 0.5) is 0 Å². The van der Waals surface area contributed by atoms with Crippen LogP contribution in [0.2, 0.25) is 0 Å². The fourth-order valence-corrected chi connectivity index (χ4v) is 0.896. The van der Waals surface area contributed by atoms with E-state index in [-0.39, 0.29) is 0 Å². The van der Waals surface area contributed by atoms with Crippen molar-refractivity contribution in [1.82, 2.24) is 20.9 Å². The third kappa shape index (κ3) is 3.66. The lowest BCUT2D eigenvalue weighted by Gasteiger charge is -2.01. The molecule has 1 aromatic rings. The van der Waals surface area contributed by atoms with Crippen molar-refractivity contribution < 1.29 is 0 Å². The van der Waals surface area contributed by atoms with Gasteiger partial charge in [0.25, 0.3) is 0 Å².